The Morgan fingerprint density at radius 1 is 1.08 bits per heavy atom. The van der Waals surface area contributed by atoms with Gasteiger partial charge in [-0.1, -0.05) is 24.3 Å². The number of aryl methyl sites for hydroxylation is 2. The average molecular weight is 653 g/mol. The van der Waals surface area contributed by atoms with Crippen LogP contribution in [0, 0.1) is 19.7 Å². The lowest BCUT2D eigenvalue weighted by molar-refractivity contribution is -0.116. The molecule has 1 saturated carbocycles. The molecule has 6 rings (SSSR count). The molecule has 0 spiro atoms. The lowest BCUT2D eigenvalue weighted by Crippen LogP contribution is -2.40. The predicted octanol–water partition coefficient (Wildman–Crippen LogP) is 3.45. The fourth-order valence-electron chi connectivity index (χ4n) is 5.50. The number of pyridine rings is 1. The monoisotopic (exact) mass is 652 g/mol. The van der Waals surface area contributed by atoms with E-state index in [-0.39, 0.29) is 57.7 Å². The number of nitrogens with one attached hydrogen (secondary N) is 3. The number of H-pyrrole nitrogens is 1. The van der Waals surface area contributed by atoms with E-state index in [0.717, 1.165) is 9.58 Å². The number of carbonyl (C=O) groups excluding carboxylic acids is 1. The van der Waals surface area contributed by atoms with Crippen molar-refractivity contribution in [3.8, 4) is 11.4 Å². The molecule has 2 aromatic heterocycles. The zero-order valence-electron chi connectivity index (χ0n) is 26.1. The normalized spacial score (nSPS) is 13.0. The minimum absolute atomic E-state index is 0.00268. The van der Waals surface area contributed by atoms with Crippen molar-refractivity contribution in [2.75, 3.05) is 17.2 Å². The summed E-state index contributed by atoms with van der Waals surface area (Å²) in [6, 6.07) is 16.8. The number of amides is 1. The van der Waals surface area contributed by atoms with Crippen LogP contribution in [0.2, 0.25) is 0 Å². The summed E-state index contributed by atoms with van der Waals surface area (Å²) in [5.74, 6) is 4.88. The van der Waals surface area contributed by atoms with Crippen LogP contribution in [-0.4, -0.2) is 36.7 Å². The van der Waals surface area contributed by atoms with E-state index in [9.17, 15) is 28.7 Å². The number of carbonyl (C=O) groups is 1. The number of rotatable bonds is 9. The van der Waals surface area contributed by atoms with Gasteiger partial charge in [-0.3, -0.25) is 23.5 Å². The zero-order chi connectivity index (χ0) is 34.3. The third-order valence-electron chi connectivity index (χ3n) is 7.97. The van der Waals surface area contributed by atoms with Crippen molar-refractivity contribution in [1.29, 1.82) is 0 Å². The molecular weight excluding hydrogens is 619 g/mol. The number of hydrogen-bond acceptors (Lipinski definition) is 9. The van der Waals surface area contributed by atoms with E-state index in [1.807, 2.05) is 0 Å². The number of phenolic OH excluding ortho intramolecular Hbond substituents is 1. The van der Waals surface area contributed by atoms with E-state index < -0.39 is 28.5 Å². The van der Waals surface area contributed by atoms with Gasteiger partial charge in [-0.25, -0.2) is 15.0 Å². The van der Waals surface area contributed by atoms with Crippen LogP contribution >= 0.6 is 0 Å². The lowest BCUT2D eigenvalue weighted by atomic mass is 10.1. The van der Waals surface area contributed by atoms with Crippen LogP contribution in [0.4, 0.5) is 21.6 Å². The van der Waals surface area contributed by atoms with E-state index in [0.29, 0.717) is 29.7 Å². The first kappa shape index (κ1) is 31.8. The Balaban J connectivity index is 1.39. The number of nitrogens with zero attached hydrogens (tertiary/aromatic N) is 3. The summed E-state index contributed by atoms with van der Waals surface area (Å²) in [6.45, 7) is 2.93. The Morgan fingerprint density at radius 2 is 1.83 bits per heavy atom. The van der Waals surface area contributed by atoms with E-state index in [1.54, 1.807) is 43.3 Å². The summed E-state index contributed by atoms with van der Waals surface area (Å²) in [7, 11) is 0. The number of halogens is 1. The molecule has 3 aromatic carbocycles. The maximum Gasteiger partial charge on any atom is 0.336 e. The summed E-state index contributed by atoms with van der Waals surface area (Å²) in [5.41, 5.74) is 6.40. The number of aromatic hydroxyl groups is 1. The molecule has 246 valence electrons. The van der Waals surface area contributed by atoms with Crippen LogP contribution < -0.4 is 39.0 Å². The minimum atomic E-state index is -0.652. The average Bonchev–Trinajstić information content (AvgIpc) is 3.86. The van der Waals surface area contributed by atoms with Crippen molar-refractivity contribution in [2.24, 2.45) is 11.6 Å². The number of nitrogens with two attached hydrogens (primary N) is 2. The molecule has 0 aliphatic heterocycles. The molecule has 1 aliphatic rings. The quantitative estimate of drug-likeness (QED) is 0.102. The van der Waals surface area contributed by atoms with Crippen LogP contribution in [0.25, 0.3) is 22.3 Å². The second-order valence-corrected chi connectivity index (χ2v) is 11.7. The highest BCUT2D eigenvalue weighted by atomic mass is 19.1. The van der Waals surface area contributed by atoms with E-state index in [1.165, 1.54) is 48.0 Å². The van der Waals surface area contributed by atoms with Gasteiger partial charge in [0, 0.05) is 29.1 Å². The fourth-order valence-corrected chi connectivity index (χ4v) is 5.50. The number of aromatic amines is 1. The SMILES string of the molecule is Cc1ccc(Nc2[nH]c(=O)c(C)c3c2c(=O)n(C2CC2)c(=O)n3-c2cccc(NC(=O)CN(N)/C=C(\N)c3cccc(O)c3)c2)c(F)c1. The number of anilines is 3. The van der Waals surface area contributed by atoms with Gasteiger partial charge in [0.15, 0.2) is 0 Å². The number of hydrazine groups is 1. The van der Waals surface area contributed by atoms with Gasteiger partial charge in [-0.05, 0) is 74.7 Å². The smallest absolute Gasteiger partial charge is 0.336 e. The standard InChI is InChI=1S/C34H33FN8O5/c1-18-9-12-27(25(35)13-18)39-31-29-30(19(2)32(46)40-31)42(34(48)43(33(29)47)22-10-11-22)23-7-4-6-21(15-23)38-28(45)17-41(37)16-26(36)20-5-3-8-24(44)14-20/h3-9,12-16,22,44H,10-11,17,36-37H2,1-2H3,(H,38,45)(H2,39,40,46)/b26-16-. The van der Waals surface area contributed by atoms with Crippen LogP contribution in [0.15, 0.2) is 87.3 Å². The van der Waals surface area contributed by atoms with Crippen molar-refractivity contribution in [3.05, 3.63) is 127 Å². The molecule has 1 fully saturated rings. The maximum atomic E-state index is 14.9. The molecule has 1 aliphatic carbocycles. The van der Waals surface area contributed by atoms with Gasteiger partial charge >= 0.3 is 5.69 Å². The first-order chi connectivity index (χ1) is 22.9. The van der Waals surface area contributed by atoms with Crippen LogP contribution in [-0.2, 0) is 4.79 Å². The molecule has 13 nitrogen and oxygen atoms in total. The van der Waals surface area contributed by atoms with E-state index >= 15 is 0 Å². The van der Waals surface area contributed by atoms with Gasteiger partial charge in [0.25, 0.3) is 11.1 Å². The highest BCUT2D eigenvalue weighted by Gasteiger charge is 2.31. The zero-order valence-corrected chi connectivity index (χ0v) is 26.1. The molecule has 0 unspecified atom stereocenters. The third-order valence-corrected chi connectivity index (χ3v) is 7.97. The third kappa shape index (κ3) is 6.28. The molecule has 48 heavy (non-hydrogen) atoms. The molecule has 0 saturated heterocycles. The minimum Gasteiger partial charge on any atom is -0.508 e. The van der Waals surface area contributed by atoms with Gasteiger partial charge < -0.3 is 31.5 Å². The van der Waals surface area contributed by atoms with Crippen molar-refractivity contribution in [3.63, 3.8) is 0 Å². The molecule has 0 bridgehead atoms. The molecule has 0 atom stereocenters. The predicted molar refractivity (Wildman–Crippen MR) is 182 cm³/mol. The van der Waals surface area contributed by atoms with Gasteiger partial charge in [0.2, 0.25) is 5.91 Å². The Morgan fingerprint density at radius 3 is 2.54 bits per heavy atom. The van der Waals surface area contributed by atoms with E-state index in [4.69, 9.17) is 11.6 Å². The lowest BCUT2D eigenvalue weighted by Gasteiger charge is -2.19. The molecule has 1 amide bonds. The fraction of sp³-hybridized carbons (Fsp3) is 0.176. The summed E-state index contributed by atoms with van der Waals surface area (Å²) < 4.78 is 17.3. The van der Waals surface area contributed by atoms with Crippen LogP contribution in [0.3, 0.4) is 0 Å². The van der Waals surface area contributed by atoms with Crippen molar-refractivity contribution < 1.29 is 14.3 Å². The highest BCUT2D eigenvalue weighted by Crippen LogP contribution is 2.34. The molecule has 0 radical (unpaired) electrons. The molecule has 8 N–H and O–H groups in total. The summed E-state index contributed by atoms with van der Waals surface area (Å²) in [4.78, 5) is 56.7. The summed E-state index contributed by atoms with van der Waals surface area (Å²) in [6.07, 6.45) is 2.59. The molecule has 2 heterocycles. The number of phenols is 1. The Labute approximate surface area is 272 Å². The van der Waals surface area contributed by atoms with Gasteiger partial charge in [-0.15, -0.1) is 0 Å². The molecule has 14 heteroatoms. The van der Waals surface area contributed by atoms with Gasteiger partial charge in [0.1, 0.15) is 29.3 Å². The second-order valence-electron chi connectivity index (χ2n) is 11.7. The van der Waals surface area contributed by atoms with Crippen molar-refractivity contribution in [1.82, 2.24) is 19.1 Å². The topological polar surface area (TPSA) is 194 Å². The second kappa shape index (κ2) is 12.6. The number of benzene rings is 3. The Bertz CT molecular complexity index is 2300. The molecular formula is C34H33FN8O5. The number of hydrogen-bond donors (Lipinski definition) is 6. The highest BCUT2D eigenvalue weighted by molar-refractivity contribution is 5.94. The van der Waals surface area contributed by atoms with Crippen LogP contribution in [0.5, 0.6) is 5.75 Å². The van der Waals surface area contributed by atoms with Crippen molar-refractivity contribution >= 4 is 39.7 Å². The van der Waals surface area contributed by atoms with Crippen LogP contribution in [0.1, 0.15) is 35.6 Å². The Hall–Kier alpha value is -6.15. The number of aromatic nitrogens is 3. The Kier molecular flexibility index (Phi) is 8.33. The van der Waals surface area contributed by atoms with Crippen molar-refractivity contribution in [2.45, 2.75) is 32.7 Å². The number of fused-ring (bicyclic) bond motifs is 1. The maximum absolute atomic E-state index is 14.9. The summed E-state index contributed by atoms with van der Waals surface area (Å²) >= 11 is 0. The van der Waals surface area contributed by atoms with Gasteiger partial charge in [0.05, 0.1) is 22.6 Å². The molecule has 5 aromatic rings. The van der Waals surface area contributed by atoms with Gasteiger partial charge in [-0.2, -0.15) is 0 Å². The first-order valence-corrected chi connectivity index (χ1v) is 15.1. The first-order valence-electron chi connectivity index (χ1n) is 15.1. The van der Waals surface area contributed by atoms with E-state index in [2.05, 4.69) is 15.6 Å². The summed E-state index contributed by atoms with van der Waals surface area (Å²) in [5, 5.41) is 16.4. The largest absolute Gasteiger partial charge is 0.508 e.